The fourth-order valence-electron chi connectivity index (χ4n) is 2.90. The summed E-state index contributed by atoms with van der Waals surface area (Å²) in [5, 5.41) is 14.6. The van der Waals surface area contributed by atoms with Crippen molar-refractivity contribution < 1.29 is 4.52 Å². The summed E-state index contributed by atoms with van der Waals surface area (Å²) in [4.78, 5) is 4.55. The van der Waals surface area contributed by atoms with Gasteiger partial charge < -0.3 is 9.84 Å². The molecule has 0 spiro atoms. The lowest BCUT2D eigenvalue weighted by atomic mass is 10.1. The van der Waals surface area contributed by atoms with Crippen LogP contribution in [0.5, 0.6) is 0 Å². The number of H-pyrrole nitrogens is 1. The largest absolute Gasteiger partial charge is 0.352 e. The lowest BCUT2D eigenvalue weighted by molar-refractivity contribution is 0.415. The van der Waals surface area contributed by atoms with Gasteiger partial charge in [0.2, 0.25) is 11.6 Å². The van der Waals surface area contributed by atoms with E-state index in [0.717, 1.165) is 43.0 Å². The van der Waals surface area contributed by atoms with E-state index in [0.29, 0.717) is 11.6 Å². The summed E-state index contributed by atoms with van der Waals surface area (Å²) in [5.74, 6) is 2.29. The molecule has 2 aromatic heterocycles. The third-order valence-electron chi connectivity index (χ3n) is 4.22. The average molecular weight is 303 g/mol. The van der Waals surface area contributed by atoms with Gasteiger partial charge in [0.1, 0.15) is 11.5 Å². The molecule has 3 heterocycles. The fraction of sp³-hybridized carbons (Fsp3) is 0.688. The van der Waals surface area contributed by atoms with Crippen LogP contribution < -0.4 is 5.32 Å². The van der Waals surface area contributed by atoms with Gasteiger partial charge in [0.25, 0.3) is 0 Å². The highest BCUT2D eigenvalue weighted by Gasteiger charge is 2.24. The maximum absolute atomic E-state index is 5.38. The van der Waals surface area contributed by atoms with E-state index in [1.165, 1.54) is 38.5 Å². The van der Waals surface area contributed by atoms with Gasteiger partial charge in [0.15, 0.2) is 0 Å². The molecule has 2 aromatic rings. The number of nitrogens with zero attached hydrogens (tertiary/aromatic N) is 3. The summed E-state index contributed by atoms with van der Waals surface area (Å²) >= 11 is 0. The van der Waals surface area contributed by atoms with Crippen molar-refractivity contribution in [3.63, 3.8) is 0 Å². The zero-order chi connectivity index (χ0) is 15.2. The van der Waals surface area contributed by atoms with Crippen LogP contribution in [0.4, 0.5) is 0 Å². The Morgan fingerprint density at radius 1 is 1.05 bits per heavy atom. The first-order valence-corrected chi connectivity index (χ1v) is 8.48. The molecule has 2 N–H and O–H groups in total. The summed E-state index contributed by atoms with van der Waals surface area (Å²) in [7, 11) is 0. The first kappa shape index (κ1) is 15.2. The molecule has 0 amide bonds. The number of hydrogen-bond acceptors (Lipinski definition) is 5. The number of unbranched alkanes of at least 4 members (excludes halogenated alkanes) is 6. The van der Waals surface area contributed by atoms with Gasteiger partial charge in [-0.2, -0.15) is 0 Å². The van der Waals surface area contributed by atoms with E-state index in [2.05, 4.69) is 32.6 Å². The van der Waals surface area contributed by atoms with E-state index >= 15 is 0 Å². The van der Waals surface area contributed by atoms with Crippen LogP contribution >= 0.6 is 0 Å². The molecule has 6 heteroatoms. The van der Waals surface area contributed by atoms with E-state index in [1.54, 1.807) is 0 Å². The van der Waals surface area contributed by atoms with Crippen LogP contribution in [0.2, 0.25) is 0 Å². The minimum atomic E-state index is 0.635. The molecular weight excluding hydrogens is 278 g/mol. The second-order valence-corrected chi connectivity index (χ2v) is 6.02. The molecule has 0 saturated carbocycles. The fourth-order valence-corrected chi connectivity index (χ4v) is 2.90. The average Bonchev–Trinajstić information content (AvgIpc) is 3.22. The molecule has 0 saturated heterocycles. The minimum absolute atomic E-state index is 0.635. The first-order chi connectivity index (χ1) is 10.9. The Bertz CT molecular complexity index is 589. The van der Waals surface area contributed by atoms with Crippen LogP contribution in [0.25, 0.3) is 11.6 Å². The number of hydrogen-bond donors (Lipinski definition) is 2. The predicted molar refractivity (Wildman–Crippen MR) is 84.1 cm³/mol. The highest BCUT2D eigenvalue weighted by Crippen LogP contribution is 2.26. The number of nitrogens with one attached hydrogen (secondary N) is 2. The van der Waals surface area contributed by atoms with E-state index in [4.69, 9.17) is 4.52 Å². The van der Waals surface area contributed by atoms with Crippen molar-refractivity contribution in [1.82, 2.24) is 25.7 Å². The summed E-state index contributed by atoms with van der Waals surface area (Å²) < 4.78 is 5.38. The summed E-state index contributed by atoms with van der Waals surface area (Å²) in [6, 6.07) is 0. The molecule has 0 atom stereocenters. The maximum Gasteiger partial charge on any atom is 0.220 e. The Hall–Kier alpha value is -1.69. The van der Waals surface area contributed by atoms with Crippen molar-refractivity contribution in [2.75, 3.05) is 0 Å². The van der Waals surface area contributed by atoms with Crippen LogP contribution in [0.15, 0.2) is 4.52 Å². The van der Waals surface area contributed by atoms with E-state index in [1.807, 2.05) is 0 Å². The number of aryl methyl sites for hydroxylation is 1. The summed E-state index contributed by atoms with van der Waals surface area (Å²) in [5.41, 5.74) is 2.08. The molecule has 22 heavy (non-hydrogen) atoms. The second-order valence-electron chi connectivity index (χ2n) is 6.02. The predicted octanol–water partition coefficient (Wildman–Crippen LogP) is 3.36. The number of aromatic nitrogens is 4. The van der Waals surface area contributed by atoms with Gasteiger partial charge in [0.05, 0.1) is 0 Å². The normalized spacial score (nSPS) is 13.7. The molecular formula is C16H25N5O. The van der Waals surface area contributed by atoms with Crippen LogP contribution in [-0.4, -0.2) is 20.3 Å². The van der Waals surface area contributed by atoms with Gasteiger partial charge in [-0.05, 0) is 6.42 Å². The first-order valence-electron chi connectivity index (χ1n) is 8.48. The summed E-state index contributed by atoms with van der Waals surface area (Å²) in [6.07, 6.45) is 10.1. The lowest BCUT2D eigenvalue weighted by Gasteiger charge is -1.99. The highest BCUT2D eigenvalue weighted by molar-refractivity contribution is 5.54. The molecule has 1 aliphatic heterocycles. The Morgan fingerprint density at radius 3 is 2.73 bits per heavy atom. The molecule has 0 radical (unpaired) electrons. The molecule has 0 aliphatic carbocycles. The van der Waals surface area contributed by atoms with Crippen LogP contribution in [0.3, 0.4) is 0 Å². The number of fused-ring (bicyclic) bond motifs is 1. The smallest absolute Gasteiger partial charge is 0.220 e. The third-order valence-corrected chi connectivity index (χ3v) is 4.22. The van der Waals surface area contributed by atoms with Crippen molar-refractivity contribution in [3.8, 4) is 11.6 Å². The molecule has 1 aliphatic rings. The molecule has 3 rings (SSSR count). The van der Waals surface area contributed by atoms with Crippen LogP contribution in [0.1, 0.15) is 69.0 Å². The molecule has 0 aromatic carbocycles. The van der Waals surface area contributed by atoms with Gasteiger partial charge in [-0.25, -0.2) is 4.98 Å². The molecule has 120 valence electrons. The van der Waals surface area contributed by atoms with Gasteiger partial charge in [-0.3, -0.25) is 5.10 Å². The molecule has 6 nitrogen and oxygen atoms in total. The second kappa shape index (κ2) is 7.54. The van der Waals surface area contributed by atoms with E-state index in [-0.39, 0.29) is 0 Å². The van der Waals surface area contributed by atoms with E-state index in [9.17, 15) is 0 Å². The van der Waals surface area contributed by atoms with Crippen LogP contribution in [-0.2, 0) is 19.5 Å². The lowest BCUT2D eigenvalue weighted by Crippen LogP contribution is -2.02. The van der Waals surface area contributed by atoms with Gasteiger partial charge in [-0.1, -0.05) is 50.6 Å². The summed E-state index contributed by atoms with van der Waals surface area (Å²) in [6.45, 7) is 3.81. The molecule has 0 bridgehead atoms. The van der Waals surface area contributed by atoms with Crippen molar-refractivity contribution in [2.45, 2.75) is 71.4 Å². The number of rotatable bonds is 9. The van der Waals surface area contributed by atoms with Crippen LogP contribution in [0, 0.1) is 0 Å². The third kappa shape index (κ3) is 3.55. The van der Waals surface area contributed by atoms with Crippen molar-refractivity contribution >= 4 is 0 Å². The highest BCUT2D eigenvalue weighted by atomic mass is 16.5. The zero-order valence-corrected chi connectivity index (χ0v) is 13.3. The maximum atomic E-state index is 5.38. The Kier molecular flexibility index (Phi) is 5.21. The topological polar surface area (TPSA) is 79.6 Å². The van der Waals surface area contributed by atoms with Crippen molar-refractivity contribution in [3.05, 3.63) is 17.1 Å². The zero-order valence-electron chi connectivity index (χ0n) is 13.3. The minimum Gasteiger partial charge on any atom is -0.352 e. The van der Waals surface area contributed by atoms with Gasteiger partial charge >= 0.3 is 0 Å². The Balaban J connectivity index is 1.45. The molecule has 0 fully saturated rings. The Labute approximate surface area is 131 Å². The monoisotopic (exact) mass is 303 g/mol. The van der Waals surface area contributed by atoms with Crippen molar-refractivity contribution in [1.29, 1.82) is 0 Å². The SMILES string of the molecule is CCCCCCCCCc1nc(-c2onc3c2CNC3)n[nH]1. The Morgan fingerprint density at radius 2 is 1.86 bits per heavy atom. The van der Waals surface area contributed by atoms with Crippen molar-refractivity contribution in [2.24, 2.45) is 0 Å². The quantitative estimate of drug-likeness (QED) is 0.694. The van der Waals surface area contributed by atoms with Gasteiger partial charge in [-0.15, -0.1) is 5.10 Å². The van der Waals surface area contributed by atoms with E-state index < -0.39 is 0 Å². The van der Waals surface area contributed by atoms with Gasteiger partial charge in [0, 0.05) is 25.1 Å². The standard InChI is InChI=1S/C16H25N5O/c1-2-3-4-5-6-7-8-9-14-18-16(20-19-14)15-12-10-17-11-13(12)21-22-15/h17H,2-11H2,1H3,(H,18,19,20). The number of aromatic amines is 1. The molecule has 0 unspecified atom stereocenters.